The van der Waals surface area contributed by atoms with Gasteiger partial charge in [-0.3, -0.25) is 19.4 Å². The monoisotopic (exact) mass is 824 g/mol. The van der Waals surface area contributed by atoms with Gasteiger partial charge in [0.15, 0.2) is 5.60 Å². The van der Waals surface area contributed by atoms with E-state index in [1.54, 1.807) is 7.11 Å². The molecule has 6 heterocycles. The number of rotatable bonds is 9. The summed E-state index contributed by atoms with van der Waals surface area (Å²) < 4.78 is 12.4. The lowest BCUT2D eigenvalue weighted by Gasteiger charge is -2.63. The zero-order chi connectivity index (χ0) is 42.6. The molecule has 1 saturated carbocycles. The van der Waals surface area contributed by atoms with Crippen LogP contribution in [-0.2, 0) is 31.6 Å². The summed E-state index contributed by atoms with van der Waals surface area (Å²) in [5.41, 5.74) is -1.21. The average Bonchev–Trinajstić information content (AvgIpc) is 3.90. The van der Waals surface area contributed by atoms with E-state index in [-0.39, 0.29) is 12.0 Å². The van der Waals surface area contributed by atoms with Crippen molar-refractivity contribution in [3.8, 4) is 5.75 Å². The Hall–Kier alpha value is -3.98. The maximum atomic E-state index is 15.3. The summed E-state index contributed by atoms with van der Waals surface area (Å²) in [7, 11) is 8.85. The van der Waals surface area contributed by atoms with Gasteiger partial charge in [0.05, 0.1) is 25.9 Å². The third-order valence-corrected chi connectivity index (χ3v) is 16.0. The number of anilines is 1. The lowest BCUT2D eigenvalue weighted by Crippen LogP contribution is -2.81. The number of carbonyl (C=O) groups excluding carboxylic acids is 2. The van der Waals surface area contributed by atoms with Gasteiger partial charge in [-0.2, -0.15) is 0 Å². The number of nitrogens with one attached hydrogen (secondary N) is 2. The molecule has 1 unspecified atom stereocenters. The second-order valence-corrected chi connectivity index (χ2v) is 19.2. The Bertz CT molecular complexity index is 2230. The summed E-state index contributed by atoms with van der Waals surface area (Å²) in [5.74, 6) is -0.596. The van der Waals surface area contributed by atoms with Crippen LogP contribution in [-0.4, -0.2) is 157 Å². The molecule has 2 saturated heterocycles. The van der Waals surface area contributed by atoms with Gasteiger partial charge in [0.2, 0.25) is 0 Å². The highest BCUT2D eigenvalue weighted by atomic mass is 16.5. The molecule has 1 spiro atoms. The number of nitrogens with zero attached hydrogens (tertiary/aromatic N) is 4. The third kappa shape index (κ3) is 5.51. The Balaban J connectivity index is 1.32. The second kappa shape index (κ2) is 14.6. The fraction of sp³-hybridized carbons (Fsp3) is 0.617. The smallest absolute Gasteiger partial charge is 0.322 e. The number of likely N-dealkylation sites (N-methyl/N-ethyl adjacent to an activating group) is 2. The van der Waals surface area contributed by atoms with Crippen molar-refractivity contribution in [2.24, 2.45) is 11.3 Å². The van der Waals surface area contributed by atoms with Crippen LogP contribution >= 0.6 is 0 Å². The van der Waals surface area contributed by atoms with Crippen molar-refractivity contribution in [3.05, 3.63) is 70.9 Å². The quantitative estimate of drug-likeness (QED) is 0.160. The van der Waals surface area contributed by atoms with Gasteiger partial charge in [-0.25, -0.2) is 0 Å². The number of aliphatic hydroxyl groups is 3. The first-order valence-electron chi connectivity index (χ1n) is 22.0. The average molecular weight is 825 g/mol. The predicted molar refractivity (Wildman–Crippen MR) is 230 cm³/mol. The molecule has 5 N–H and O–H groups in total. The maximum Gasteiger partial charge on any atom is 0.322 e. The van der Waals surface area contributed by atoms with Gasteiger partial charge in [-0.15, -0.1) is 0 Å². The normalized spacial score (nSPS) is 36.8. The number of fused-ring (bicyclic) bond motifs is 6. The van der Waals surface area contributed by atoms with Gasteiger partial charge >= 0.3 is 5.97 Å². The number of amides is 1. The van der Waals surface area contributed by atoms with Crippen molar-refractivity contribution in [1.82, 2.24) is 25.0 Å². The van der Waals surface area contributed by atoms with Gasteiger partial charge < -0.3 is 44.9 Å². The van der Waals surface area contributed by atoms with E-state index < -0.39 is 51.5 Å². The number of hydrogen-bond acceptors (Lipinski definition) is 11. The zero-order valence-electron chi connectivity index (χ0n) is 36.4. The SMILES string of the molecule is CC[C@]1(O)C[C@H]2CN(CCc3c([nH]c4ccccc34)[C@@](C(=O)OC)(c3cc4c(cc3OC)N(C)[C@H]3[C@@](O)(C(=O)NCCN(C)C)[C@H](O)[C@]5(CC)C=CCN6CC[C@]43[C@@H]65)C2)C1. The predicted octanol–water partition coefficient (Wildman–Crippen LogP) is 2.92. The highest BCUT2D eigenvalue weighted by molar-refractivity contribution is 5.95. The molecule has 1 amide bonds. The number of hydrogen-bond donors (Lipinski definition) is 5. The minimum absolute atomic E-state index is 0.0781. The minimum Gasteiger partial charge on any atom is -0.496 e. The summed E-state index contributed by atoms with van der Waals surface area (Å²) >= 11 is 0. The zero-order valence-corrected chi connectivity index (χ0v) is 36.4. The molecule has 3 aromatic rings. The molecule has 2 aromatic carbocycles. The Labute approximate surface area is 353 Å². The number of para-hydroxylation sites is 1. The number of benzene rings is 2. The molecule has 13 heteroatoms. The number of methoxy groups -OCH3 is 2. The van der Waals surface area contributed by atoms with Crippen LogP contribution in [0.5, 0.6) is 5.75 Å². The van der Waals surface area contributed by atoms with Crippen molar-refractivity contribution < 1.29 is 34.4 Å². The summed E-state index contributed by atoms with van der Waals surface area (Å²) in [5, 5.41) is 42.1. The number of aromatic amines is 1. The number of piperidine rings is 1. The van der Waals surface area contributed by atoms with E-state index >= 15 is 4.79 Å². The molecule has 60 heavy (non-hydrogen) atoms. The molecule has 10 atom stereocenters. The number of ether oxygens (including phenoxy) is 2. The van der Waals surface area contributed by atoms with Crippen LogP contribution in [0, 0.1) is 11.3 Å². The molecular weight excluding hydrogens is 761 g/mol. The molecule has 3 fully saturated rings. The molecule has 9 rings (SSSR count). The maximum absolute atomic E-state index is 15.3. The highest BCUT2D eigenvalue weighted by Crippen LogP contribution is 2.67. The van der Waals surface area contributed by atoms with Crippen LogP contribution in [0.15, 0.2) is 48.6 Å². The molecule has 0 radical (unpaired) electrons. The van der Waals surface area contributed by atoms with E-state index in [9.17, 15) is 20.1 Å². The third-order valence-electron chi connectivity index (χ3n) is 16.0. The largest absolute Gasteiger partial charge is 0.496 e. The standard InChI is InChI=1S/C47H64N6O7/c1-8-43(57)25-29-26-46(42(56)60-7,37-31(15-20-52(27-29)28-43)30-13-10-11-14-34(30)49-37)33-23-32-35(24-36(33)59-6)51(5)39-45(32)17-21-53-19-12-16-44(9-2,38(45)53)40(54)47(39,58)41(55)48-18-22-50(3)4/h10-14,16,23-24,29,38-40,49,54,57-58H,8-9,15,17-22,25-28H2,1-7H3,(H,48,55)/t29-,38+,39-,40-,43+,44-,45-,46+,47+/m1/s1. The lowest BCUT2D eigenvalue weighted by molar-refractivity contribution is -0.203. The molecule has 2 bridgehead atoms. The molecule has 6 aliphatic rings. The van der Waals surface area contributed by atoms with E-state index in [4.69, 9.17) is 9.47 Å². The van der Waals surface area contributed by atoms with Crippen molar-refractivity contribution in [3.63, 3.8) is 0 Å². The molecule has 324 valence electrons. The Morgan fingerprint density at radius 2 is 1.82 bits per heavy atom. The van der Waals surface area contributed by atoms with Crippen LogP contribution in [0.1, 0.15) is 68.3 Å². The van der Waals surface area contributed by atoms with Gasteiger partial charge in [0.1, 0.15) is 17.3 Å². The van der Waals surface area contributed by atoms with Crippen molar-refractivity contribution in [2.45, 2.75) is 92.6 Å². The number of carbonyl (C=O) groups is 2. The summed E-state index contributed by atoms with van der Waals surface area (Å²) in [4.78, 5) is 42.6. The van der Waals surface area contributed by atoms with Crippen LogP contribution < -0.4 is 15.0 Å². The summed E-state index contributed by atoms with van der Waals surface area (Å²) in [6.07, 6.45) is 6.00. The van der Waals surface area contributed by atoms with Crippen LogP contribution in [0.2, 0.25) is 0 Å². The fourth-order valence-electron chi connectivity index (χ4n) is 13.6. The number of aliphatic hydroxyl groups excluding tert-OH is 1. The Kier molecular flexibility index (Phi) is 10.0. The van der Waals surface area contributed by atoms with Crippen molar-refractivity contribution >= 4 is 28.5 Å². The Morgan fingerprint density at radius 3 is 2.53 bits per heavy atom. The first-order valence-corrected chi connectivity index (χ1v) is 22.0. The molecule has 5 aliphatic heterocycles. The van der Waals surface area contributed by atoms with Gasteiger partial charge in [-0.1, -0.05) is 44.2 Å². The van der Waals surface area contributed by atoms with Crippen LogP contribution in [0.25, 0.3) is 10.9 Å². The first kappa shape index (κ1) is 41.4. The van der Waals surface area contributed by atoms with Crippen LogP contribution in [0.3, 0.4) is 0 Å². The van der Waals surface area contributed by atoms with E-state index in [0.29, 0.717) is 82.6 Å². The van der Waals surface area contributed by atoms with Gasteiger partial charge in [0, 0.05) is 97.1 Å². The highest BCUT2D eigenvalue weighted by Gasteiger charge is 2.78. The molecular formula is C47H64N6O7. The topological polar surface area (TPSA) is 154 Å². The first-order chi connectivity index (χ1) is 28.7. The van der Waals surface area contributed by atoms with Crippen molar-refractivity contribution in [1.29, 1.82) is 0 Å². The van der Waals surface area contributed by atoms with E-state index in [1.165, 1.54) is 7.11 Å². The summed E-state index contributed by atoms with van der Waals surface area (Å²) in [6.45, 7) is 8.36. The van der Waals surface area contributed by atoms with E-state index in [2.05, 4.69) is 50.5 Å². The number of H-pyrrole nitrogens is 1. The van der Waals surface area contributed by atoms with Crippen LogP contribution in [0.4, 0.5) is 5.69 Å². The molecule has 1 aliphatic carbocycles. The van der Waals surface area contributed by atoms with E-state index in [1.807, 2.05) is 63.0 Å². The summed E-state index contributed by atoms with van der Waals surface area (Å²) in [6, 6.07) is 11.2. The Morgan fingerprint density at radius 1 is 1.03 bits per heavy atom. The van der Waals surface area contributed by atoms with Gasteiger partial charge in [-0.05, 0) is 88.3 Å². The van der Waals surface area contributed by atoms with E-state index in [0.717, 1.165) is 46.5 Å². The van der Waals surface area contributed by atoms with Crippen molar-refractivity contribution in [2.75, 3.05) is 86.1 Å². The minimum atomic E-state index is -2.21. The molecule has 1 aromatic heterocycles. The number of esters is 1. The lowest BCUT2D eigenvalue weighted by atomic mass is 9.47. The second-order valence-electron chi connectivity index (χ2n) is 19.2. The fourth-order valence-corrected chi connectivity index (χ4v) is 13.6. The van der Waals surface area contributed by atoms with Gasteiger partial charge in [0.25, 0.3) is 5.91 Å². The number of aromatic nitrogens is 1. The molecule has 13 nitrogen and oxygen atoms in total.